The molecule has 148 valence electrons. The predicted molar refractivity (Wildman–Crippen MR) is 108 cm³/mol. The number of imide groups is 1. The lowest BCUT2D eigenvalue weighted by Crippen LogP contribution is -2.24. The van der Waals surface area contributed by atoms with Gasteiger partial charge < -0.3 is 14.9 Å². The largest absolute Gasteiger partial charge is 0.497 e. The predicted octanol–water partition coefficient (Wildman–Crippen LogP) is 2.12. The number of carbonyl (C=O) groups is 2. The van der Waals surface area contributed by atoms with Crippen LogP contribution in [0.15, 0.2) is 57.7 Å². The summed E-state index contributed by atoms with van der Waals surface area (Å²) < 4.78 is 12.3. The summed E-state index contributed by atoms with van der Waals surface area (Å²) >= 11 is 0. The van der Waals surface area contributed by atoms with Crippen LogP contribution in [0.1, 0.15) is 20.7 Å². The van der Waals surface area contributed by atoms with E-state index in [1.165, 1.54) is 0 Å². The quantitative estimate of drug-likeness (QED) is 0.502. The molecule has 1 aliphatic heterocycles. The number of rotatable bonds is 3. The van der Waals surface area contributed by atoms with Crippen LogP contribution in [0.2, 0.25) is 0 Å². The zero-order valence-electron chi connectivity index (χ0n) is 15.6. The van der Waals surface area contributed by atoms with E-state index in [1.54, 1.807) is 31.4 Å². The summed E-state index contributed by atoms with van der Waals surface area (Å²) in [5.41, 5.74) is 7.62. The van der Waals surface area contributed by atoms with Crippen LogP contribution >= 0.6 is 0 Å². The van der Waals surface area contributed by atoms with E-state index in [4.69, 9.17) is 14.9 Å². The van der Waals surface area contributed by atoms with E-state index in [0.29, 0.717) is 28.4 Å². The molecule has 3 N–H and O–H groups in total. The highest BCUT2D eigenvalue weighted by Crippen LogP contribution is 2.29. The van der Waals surface area contributed by atoms with Crippen molar-refractivity contribution in [2.45, 2.75) is 0 Å². The smallest absolute Gasteiger partial charge is 0.262 e. The third-order valence-corrected chi connectivity index (χ3v) is 4.90. The first-order valence-corrected chi connectivity index (χ1v) is 8.93. The number of oxazole rings is 1. The van der Waals surface area contributed by atoms with Gasteiger partial charge >= 0.3 is 0 Å². The van der Waals surface area contributed by atoms with Gasteiger partial charge in [0.05, 0.1) is 23.9 Å². The summed E-state index contributed by atoms with van der Waals surface area (Å²) in [6.07, 6.45) is 0. The number of nitrogen functional groups attached to an aromatic ring is 1. The van der Waals surface area contributed by atoms with Crippen molar-refractivity contribution < 1.29 is 18.7 Å². The van der Waals surface area contributed by atoms with Gasteiger partial charge in [0.2, 0.25) is 5.89 Å². The Morgan fingerprint density at radius 1 is 1.07 bits per heavy atom. The lowest BCUT2D eigenvalue weighted by atomic mass is 10.1. The maximum absolute atomic E-state index is 12.6. The van der Waals surface area contributed by atoms with Crippen LogP contribution < -0.4 is 21.3 Å². The van der Waals surface area contributed by atoms with Gasteiger partial charge in [-0.2, -0.15) is 0 Å². The lowest BCUT2D eigenvalue weighted by molar-refractivity contribution is 0.0880. The highest BCUT2D eigenvalue weighted by Gasteiger charge is 2.31. The molecular formula is C21H14N4O5. The fourth-order valence-electron chi connectivity index (χ4n) is 3.48. The summed E-state index contributed by atoms with van der Waals surface area (Å²) in [6, 6.07) is 13.3. The third kappa shape index (κ3) is 2.56. The molecule has 0 bridgehead atoms. The first-order valence-electron chi connectivity index (χ1n) is 8.93. The van der Waals surface area contributed by atoms with Gasteiger partial charge in [0.1, 0.15) is 17.1 Å². The van der Waals surface area contributed by atoms with Crippen molar-refractivity contribution in [3.05, 3.63) is 70.0 Å². The fraction of sp³-hybridized carbons (Fsp3) is 0.0476. The van der Waals surface area contributed by atoms with Crippen LogP contribution in [-0.2, 0) is 0 Å². The number of methoxy groups -OCH3 is 1. The van der Waals surface area contributed by atoms with Crippen LogP contribution in [0.25, 0.3) is 28.2 Å². The molecule has 0 aliphatic carbocycles. The number of ether oxygens (including phenoxy) is 1. The van der Waals surface area contributed by atoms with Crippen molar-refractivity contribution in [3.63, 3.8) is 0 Å². The molecule has 0 fully saturated rings. The van der Waals surface area contributed by atoms with Gasteiger partial charge in [0.15, 0.2) is 5.58 Å². The normalized spacial score (nSPS) is 12.8. The van der Waals surface area contributed by atoms with Crippen molar-refractivity contribution in [1.29, 1.82) is 0 Å². The molecule has 2 aromatic carbocycles. The van der Waals surface area contributed by atoms with Gasteiger partial charge in [-0.05, 0) is 30.3 Å². The summed E-state index contributed by atoms with van der Waals surface area (Å²) in [4.78, 5) is 41.0. The maximum atomic E-state index is 12.6. The second-order valence-electron chi connectivity index (χ2n) is 6.68. The number of pyridine rings is 1. The van der Waals surface area contributed by atoms with Crippen molar-refractivity contribution in [1.82, 2.24) is 14.9 Å². The molecule has 0 unspecified atom stereocenters. The molecule has 9 nitrogen and oxygen atoms in total. The second kappa shape index (κ2) is 6.31. The lowest BCUT2D eigenvalue weighted by Gasteiger charge is -2.11. The number of hydrogen-bond acceptors (Lipinski definition) is 7. The number of carbonyl (C=O) groups excluding carboxylic acids is 2. The molecule has 0 saturated carbocycles. The van der Waals surface area contributed by atoms with Crippen molar-refractivity contribution in [2.75, 3.05) is 12.8 Å². The van der Waals surface area contributed by atoms with Gasteiger partial charge in [-0.1, -0.05) is 6.07 Å². The molecule has 0 radical (unpaired) electrons. The Labute approximate surface area is 168 Å². The van der Waals surface area contributed by atoms with Crippen LogP contribution in [0.3, 0.4) is 0 Å². The van der Waals surface area contributed by atoms with E-state index in [9.17, 15) is 14.4 Å². The number of nitrogens with one attached hydrogen (secondary N) is 1. The number of anilines is 1. The first kappa shape index (κ1) is 17.7. The fourth-order valence-corrected chi connectivity index (χ4v) is 3.48. The zero-order valence-corrected chi connectivity index (χ0v) is 15.6. The molecule has 3 heterocycles. The third-order valence-electron chi connectivity index (χ3n) is 4.90. The second-order valence-corrected chi connectivity index (χ2v) is 6.68. The molecule has 2 amide bonds. The summed E-state index contributed by atoms with van der Waals surface area (Å²) in [7, 11) is 1.57. The van der Waals surface area contributed by atoms with Gasteiger partial charge in [-0.3, -0.25) is 24.3 Å². The number of nitrogens with zero attached hydrogens (tertiary/aromatic N) is 2. The molecule has 1 aliphatic rings. The van der Waals surface area contributed by atoms with E-state index >= 15 is 0 Å². The highest BCUT2D eigenvalue weighted by atomic mass is 16.5. The van der Waals surface area contributed by atoms with Crippen molar-refractivity contribution in [3.8, 4) is 22.9 Å². The maximum Gasteiger partial charge on any atom is 0.262 e. The molecular weight excluding hydrogens is 388 g/mol. The zero-order chi connectivity index (χ0) is 21.0. The average Bonchev–Trinajstić information content (AvgIpc) is 3.28. The molecule has 0 atom stereocenters. The number of nitrogens with two attached hydrogens (primary N) is 1. The Balaban J connectivity index is 1.65. The van der Waals surface area contributed by atoms with Crippen LogP contribution in [0, 0.1) is 0 Å². The number of aromatic nitrogens is 2. The monoisotopic (exact) mass is 402 g/mol. The minimum Gasteiger partial charge on any atom is -0.497 e. The van der Waals surface area contributed by atoms with E-state index < -0.39 is 17.4 Å². The van der Waals surface area contributed by atoms with Gasteiger partial charge in [0, 0.05) is 17.7 Å². The number of benzene rings is 2. The topological polar surface area (TPSA) is 129 Å². The summed E-state index contributed by atoms with van der Waals surface area (Å²) in [5.74, 6) is -0.337. The molecule has 5 rings (SSSR count). The Morgan fingerprint density at radius 3 is 2.70 bits per heavy atom. The number of hydrogen-bond donors (Lipinski definition) is 2. The van der Waals surface area contributed by atoms with Gasteiger partial charge in [-0.25, -0.2) is 4.98 Å². The van der Waals surface area contributed by atoms with Crippen LogP contribution in [0.4, 0.5) is 5.82 Å². The van der Waals surface area contributed by atoms with Crippen LogP contribution in [0.5, 0.6) is 5.75 Å². The molecule has 2 aromatic heterocycles. The Morgan fingerprint density at radius 2 is 1.90 bits per heavy atom. The number of fused-ring (bicyclic) bond motifs is 2. The number of amides is 2. The molecule has 0 saturated heterocycles. The first-order chi connectivity index (χ1) is 14.5. The van der Waals surface area contributed by atoms with Gasteiger partial charge in [0.25, 0.3) is 17.4 Å². The molecule has 30 heavy (non-hydrogen) atoms. The highest BCUT2D eigenvalue weighted by molar-refractivity contribution is 6.23. The minimum absolute atomic E-state index is 0.0191. The molecule has 0 spiro atoms. The van der Waals surface area contributed by atoms with E-state index in [0.717, 1.165) is 16.2 Å². The van der Waals surface area contributed by atoms with Crippen LogP contribution in [-0.4, -0.2) is 28.5 Å². The molecule has 9 heteroatoms. The van der Waals surface area contributed by atoms with Gasteiger partial charge in [-0.15, -0.1) is 0 Å². The standard InChI is InChI=1S/C21H14N4O5/c1-29-12-4-2-3-10(7-12)21-23-14-6-5-11(8-15(14)30-21)25-16(26)9-13-17(18(25)22)20(28)24-19(13)27/h2-9H,22H2,1H3,(H,24,27,28). The Hall–Kier alpha value is -4.40. The van der Waals surface area contributed by atoms with Crippen molar-refractivity contribution >= 4 is 28.7 Å². The van der Waals surface area contributed by atoms with Crippen molar-refractivity contribution in [2.24, 2.45) is 0 Å². The molecule has 4 aromatic rings. The summed E-state index contributed by atoms with van der Waals surface area (Å²) in [5, 5.41) is 2.14. The minimum atomic E-state index is -0.639. The van der Waals surface area contributed by atoms with E-state index in [1.807, 2.05) is 18.2 Å². The average molecular weight is 402 g/mol. The van der Waals surface area contributed by atoms with E-state index in [2.05, 4.69) is 10.3 Å². The SMILES string of the molecule is COc1cccc(-c2nc3ccc(-n4c(N)c5c(cc4=O)C(=O)NC5=O)cc3o2)c1. The summed E-state index contributed by atoms with van der Waals surface area (Å²) in [6.45, 7) is 0. The van der Waals surface area contributed by atoms with E-state index in [-0.39, 0.29) is 16.9 Å². The Kier molecular flexibility index (Phi) is 3.72. The Bertz CT molecular complexity index is 1430.